The topological polar surface area (TPSA) is 64.9 Å². The van der Waals surface area contributed by atoms with Crippen molar-refractivity contribution in [2.45, 2.75) is 0 Å². The monoisotopic (exact) mass is 227 g/mol. The Kier molecular flexibility index (Phi) is 3.10. The molecule has 0 spiro atoms. The van der Waals surface area contributed by atoms with Gasteiger partial charge in [-0.3, -0.25) is 4.98 Å². The normalized spacial score (nSPS) is 10.8. The molecule has 12 heavy (non-hydrogen) atoms. The minimum absolute atomic E-state index is 0.520. The van der Waals surface area contributed by atoms with Crippen molar-refractivity contribution in [1.29, 1.82) is 0 Å². The van der Waals surface area contributed by atoms with Crippen LogP contribution in [0.2, 0.25) is 0 Å². The Morgan fingerprint density at radius 1 is 1.42 bits per heavy atom. The maximum absolute atomic E-state index is 5.69. The molecule has 1 aromatic rings. The molecular formula is C8H10BrN3. The van der Waals surface area contributed by atoms with Crippen LogP contribution in [0.25, 0.3) is 6.08 Å². The van der Waals surface area contributed by atoms with E-state index in [0.29, 0.717) is 11.4 Å². The predicted octanol–water partition coefficient (Wildman–Crippen LogP) is 1.65. The molecule has 3 nitrogen and oxygen atoms in total. The highest BCUT2D eigenvalue weighted by atomic mass is 79.9. The number of nitrogen functional groups attached to an aromatic ring is 2. The summed E-state index contributed by atoms with van der Waals surface area (Å²) in [6, 6.07) is 0. The van der Waals surface area contributed by atoms with Gasteiger partial charge >= 0.3 is 0 Å². The molecule has 0 saturated carbocycles. The number of rotatable bonds is 2. The van der Waals surface area contributed by atoms with Crippen LogP contribution < -0.4 is 11.5 Å². The molecule has 0 aromatic carbocycles. The number of halogens is 1. The van der Waals surface area contributed by atoms with Gasteiger partial charge in [0.25, 0.3) is 0 Å². The Morgan fingerprint density at radius 2 is 2.17 bits per heavy atom. The lowest BCUT2D eigenvalue weighted by Crippen LogP contribution is -1.97. The molecule has 0 fully saturated rings. The first-order chi connectivity index (χ1) is 5.75. The van der Waals surface area contributed by atoms with Gasteiger partial charge in [-0.15, -0.1) is 0 Å². The highest BCUT2D eigenvalue weighted by Crippen LogP contribution is 2.18. The Balaban J connectivity index is 3.00. The number of anilines is 2. The van der Waals surface area contributed by atoms with Crippen LogP contribution >= 0.6 is 15.9 Å². The van der Waals surface area contributed by atoms with Crippen LogP contribution in [0, 0.1) is 0 Å². The lowest BCUT2D eigenvalue weighted by Gasteiger charge is -2.01. The average molecular weight is 228 g/mol. The highest BCUT2D eigenvalue weighted by Gasteiger charge is 1.97. The lowest BCUT2D eigenvalue weighted by atomic mass is 10.2. The zero-order valence-electron chi connectivity index (χ0n) is 6.50. The number of allylic oxidation sites excluding steroid dienone is 1. The van der Waals surface area contributed by atoms with Gasteiger partial charge in [-0.05, 0) is 0 Å². The molecule has 0 aliphatic rings. The molecule has 1 aromatic heterocycles. The van der Waals surface area contributed by atoms with Gasteiger partial charge in [0.15, 0.2) is 0 Å². The third-order valence-corrected chi connectivity index (χ3v) is 1.81. The van der Waals surface area contributed by atoms with E-state index in [1.807, 2.05) is 12.2 Å². The van der Waals surface area contributed by atoms with Gasteiger partial charge in [0.1, 0.15) is 0 Å². The molecule has 0 unspecified atom stereocenters. The van der Waals surface area contributed by atoms with Gasteiger partial charge < -0.3 is 11.5 Å². The maximum atomic E-state index is 5.69. The van der Waals surface area contributed by atoms with Crippen LogP contribution in [-0.2, 0) is 0 Å². The SMILES string of the molecule is Nc1cncc(C=CCBr)c1N. The van der Waals surface area contributed by atoms with Crippen molar-refractivity contribution in [2.75, 3.05) is 16.8 Å². The summed E-state index contributed by atoms with van der Waals surface area (Å²) < 4.78 is 0. The van der Waals surface area contributed by atoms with E-state index < -0.39 is 0 Å². The molecule has 0 radical (unpaired) electrons. The van der Waals surface area contributed by atoms with Crippen molar-refractivity contribution in [3.8, 4) is 0 Å². The minimum Gasteiger partial charge on any atom is -0.396 e. The van der Waals surface area contributed by atoms with Gasteiger partial charge in [0.05, 0.1) is 17.6 Å². The third kappa shape index (κ3) is 1.98. The van der Waals surface area contributed by atoms with Crippen molar-refractivity contribution < 1.29 is 0 Å². The van der Waals surface area contributed by atoms with E-state index >= 15 is 0 Å². The number of nitrogens with two attached hydrogens (primary N) is 2. The summed E-state index contributed by atoms with van der Waals surface area (Å²) in [5.41, 5.74) is 13.2. The van der Waals surface area contributed by atoms with E-state index in [1.54, 1.807) is 12.4 Å². The molecule has 1 rings (SSSR count). The first-order valence-electron chi connectivity index (χ1n) is 3.47. The van der Waals surface area contributed by atoms with Gasteiger partial charge in [0.2, 0.25) is 0 Å². The fraction of sp³-hybridized carbons (Fsp3) is 0.125. The second-order valence-electron chi connectivity index (χ2n) is 2.29. The van der Waals surface area contributed by atoms with E-state index in [4.69, 9.17) is 11.5 Å². The average Bonchev–Trinajstić information content (AvgIpc) is 2.08. The molecule has 0 atom stereocenters. The predicted molar refractivity (Wildman–Crippen MR) is 55.9 cm³/mol. The van der Waals surface area contributed by atoms with Gasteiger partial charge in [-0.1, -0.05) is 28.1 Å². The van der Waals surface area contributed by atoms with Crippen LogP contribution in [0.15, 0.2) is 18.5 Å². The van der Waals surface area contributed by atoms with Crippen molar-refractivity contribution in [1.82, 2.24) is 4.98 Å². The molecule has 0 saturated heterocycles. The molecule has 4 heteroatoms. The van der Waals surface area contributed by atoms with Gasteiger partial charge in [0, 0.05) is 17.1 Å². The van der Waals surface area contributed by atoms with Crippen LogP contribution in [0.3, 0.4) is 0 Å². The third-order valence-electron chi connectivity index (χ3n) is 1.44. The van der Waals surface area contributed by atoms with E-state index in [-0.39, 0.29) is 0 Å². The zero-order chi connectivity index (χ0) is 8.97. The molecule has 0 bridgehead atoms. The number of aromatic nitrogens is 1. The van der Waals surface area contributed by atoms with E-state index in [9.17, 15) is 0 Å². The first-order valence-corrected chi connectivity index (χ1v) is 4.59. The Hall–Kier alpha value is -1.03. The molecular weight excluding hydrogens is 218 g/mol. The van der Waals surface area contributed by atoms with Crippen LogP contribution in [0.1, 0.15) is 5.56 Å². The maximum Gasteiger partial charge on any atom is 0.0740 e. The highest BCUT2D eigenvalue weighted by molar-refractivity contribution is 9.09. The summed E-state index contributed by atoms with van der Waals surface area (Å²) in [7, 11) is 0. The second kappa shape index (κ2) is 4.11. The summed E-state index contributed by atoms with van der Waals surface area (Å²) in [5.74, 6) is 0. The largest absolute Gasteiger partial charge is 0.396 e. The van der Waals surface area contributed by atoms with E-state index in [0.717, 1.165) is 10.9 Å². The fourth-order valence-electron chi connectivity index (χ4n) is 0.808. The van der Waals surface area contributed by atoms with Crippen molar-refractivity contribution in [3.63, 3.8) is 0 Å². The lowest BCUT2D eigenvalue weighted by molar-refractivity contribution is 1.32. The molecule has 1 heterocycles. The number of nitrogens with zero attached hydrogens (tertiary/aromatic N) is 1. The zero-order valence-corrected chi connectivity index (χ0v) is 8.08. The summed E-state index contributed by atoms with van der Waals surface area (Å²) in [5, 5.41) is 0.793. The quantitative estimate of drug-likeness (QED) is 0.756. The van der Waals surface area contributed by atoms with Gasteiger partial charge in [-0.25, -0.2) is 0 Å². The van der Waals surface area contributed by atoms with E-state index in [2.05, 4.69) is 20.9 Å². The molecule has 0 aliphatic heterocycles. The number of hydrogen-bond acceptors (Lipinski definition) is 3. The minimum atomic E-state index is 0.520. The Labute approximate surface area is 79.6 Å². The van der Waals surface area contributed by atoms with Crippen LogP contribution in [0.5, 0.6) is 0 Å². The summed E-state index contributed by atoms with van der Waals surface area (Å²) in [4.78, 5) is 3.93. The fourth-order valence-corrected chi connectivity index (χ4v) is 0.995. The standard InChI is InChI=1S/C8H10BrN3/c9-3-1-2-6-4-12-5-7(10)8(6)11/h1-2,4-5H,3,10H2,(H2,11,12). The molecule has 64 valence electrons. The summed E-state index contributed by atoms with van der Waals surface area (Å²) in [6.45, 7) is 0. The van der Waals surface area contributed by atoms with E-state index in [1.165, 1.54) is 0 Å². The Morgan fingerprint density at radius 3 is 2.83 bits per heavy atom. The number of hydrogen-bond donors (Lipinski definition) is 2. The van der Waals surface area contributed by atoms with Crippen molar-refractivity contribution >= 4 is 33.4 Å². The smallest absolute Gasteiger partial charge is 0.0740 e. The summed E-state index contributed by atoms with van der Waals surface area (Å²) >= 11 is 3.27. The second-order valence-corrected chi connectivity index (χ2v) is 2.94. The van der Waals surface area contributed by atoms with Crippen LogP contribution in [0.4, 0.5) is 11.4 Å². The van der Waals surface area contributed by atoms with Crippen LogP contribution in [-0.4, -0.2) is 10.3 Å². The summed E-state index contributed by atoms with van der Waals surface area (Å²) in [6.07, 6.45) is 7.05. The molecule has 0 aliphatic carbocycles. The molecule has 4 N–H and O–H groups in total. The Bertz CT molecular complexity index is 296. The molecule has 0 amide bonds. The first kappa shape index (κ1) is 9.06. The van der Waals surface area contributed by atoms with Crippen molar-refractivity contribution in [2.24, 2.45) is 0 Å². The van der Waals surface area contributed by atoms with Gasteiger partial charge in [-0.2, -0.15) is 0 Å². The number of pyridine rings is 1. The van der Waals surface area contributed by atoms with Crippen molar-refractivity contribution in [3.05, 3.63) is 24.0 Å². The number of alkyl halides is 1.